The van der Waals surface area contributed by atoms with Gasteiger partial charge >= 0.3 is 12.0 Å². The minimum atomic E-state index is -1.26. The Bertz CT molecular complexity index is 292. The molecule has 7 heteroatoms. The molecule has 0 aromatic carbocycles. The highest BCUT2D eigenvalue weighted by Crippen LogP contribution is 2.21. The monoisotopic (exact) mass is 262 g/mol. The molecule has 0 spiro atoms. The number of aliphatic carboxylic acids is 1. The maximum Gasteiger partial charge on any atom is 0.328 e. The van der Waals surface area contributed by atoms with Crippen molar-refractivity contribution in [1.82, 2.24) is 10.2 Å². The first-order valence-electron chi connectivity index (χ1n) is 5.45. The SMILES string of the molecule is C[C@@H](O)[C@H](NC(=O)N(C)C1CCSC1)C(=O)O. The number of amides is 2. The van der Waals surface area contributed by atoms with E-state index in [4.69, 9.17) is 5.11 Å². The second kappa shape index (κ2) is 6.11. The van der Waals surface area contributed by atoms with Crippen molar-refractivity contribution in [2.45, 2.75) is 31.5 Å². The molecule has 0 aliphatic carbocycles. The number of aliphatic hydroxyl groups is 1. The number of nitrogens with zero attached hydrogens (tertiary/aromatic N) is 1. The van der Waals surface area contributed by atoms with Crippen LogP contribution in [0.25, 0.3) is 0 Å². The summed E-state index contributed by atoms with van der Waals surface area (Å²) in [6.07, 6.45) is -0.205. The first-order chi connectivity index (χ1) is 7.93. The number of nitrogens with one attached hydrogen (secondary N) is 1. The molecular formula is C10H18N2O4S. The summed E-state index contributed by atoms with van der Waals surface area (Å²) in [5, 5.41) is 20.4. The second-order valence-electron chi connectivity index (χ2n) is 4.13. The highest BCUT2D eigenvalue weighted by molar-refractivity contribution is 7.99. The Hall–Kier alpha value is -0.950. The maximum atomic E-state index is 11.8. The van der Waals surface area contributed by atoms with Crippen LogP contribution in [0.4, 0.5) is 4.79 Å². The van der Waals surface area contributed by atoms with Crippen molar-refractivity contribution >= 4 is 23.8 Å². The number of thioether (sulfide) groups is 1. The van der Waals surface area contributed by atoms with E-state index in [1.54, 1.807) is 18.8 Å². The van der Waals surface area contributed by atoms with Crippen LogP contribution in [0.3, 0.4) is 0 Å². The fraction of sp³-hybridized carbons (Fsp3) is 0.800. The van der Waals surface area contributed by atoms with Gasteiger partial charge in [-0.1, -0.05) is 0 Å². The number of carboxylic acids is 1. The molecule has 1 rings (SSSR count). The van der Waals surface area contributed by atoms with Crippen molar-refractivity contribution in [3.63, 3.8) is 0 Å². The Morgan fingerprint density at radius 2 is 2.18 bits per heavy atom. The normalized spacial score (nSPS) is 22.9. The zero-order chi connectivity index (χ0) is 13.0. The number of hydrogen-bond acceptors (Lipinski definition) is 4. The van der Waals surface area contributed by atoms with Crippen LogP contribution in [-0.2, 0) is 4.79 Å². The van der Waals surface area contributed by atoms with Gasteiger partial charge in [-0.15, -0.1) is 0 Å². The van der Waals surface area contributed by atoms with Crippen LogP contribution in [0.2, 0.25) is 0 Å². The zero-order valence-corrected chi connectivity index (χ0v) is 10.7. The minimum Gasteiger partial charge on any atom is -0.480 e. The molecule has 0 saturated carbocycles. The number of carbonyl (C=O) groups is 2. The van der Waals surface area contributed by atoms with Crippen LogP contribution in [-0.4, -0.2) is 63.9 Å². The van der Waals surface area contributed by atoms with E-state index in [1.807, 2.05) is 0 Å². The van der Waals surface area contributed by atoms with E-state index in [0.717, 1.165) is 17.9 Å². The second-order valence-corrected chi connectivity index (χ2v) is 5.28. The Morgan fingerprint density at radius 1 is 1.53 bits per heavy atom. The molecular weight excluding hydrogens is 244 g/mol. The fourth-order valence-corrected chi connectivity index (χ4v) is 2.88. The summed E-state index contributed by atoms with van der Waals surface area (Å²) in [6, 6.07) is -1.58. The molecule has 3 N–H and O–H groups in total. The van der Waals surface area contributed by atoms with Gasteiger partial charge in [-0.25, -0.2) is 9.59 Å². The van der Waals surface area contributed by atoms with Gasteiger partial charge in [0.25, 0.3) is 0 Å². The van der Waals surface area contributed by atoms with Gasteiger partial charge in [0.1, 0.15) is 0 Å². The van der Waals surface area contributed by atoms with E-state index in [1.165, 1.54) is 11.8 Å². The minimum absolute atomic E-state index is 0.142. The van der Waals surface area contributed by atoms with Gasteiger partial charge in [0.2, 0.25) is 0 Å². The van der Waals surface area contributed by atoms with Crippen LogP contribution in [0, 0.1) is 0 Å². The predicted octanol–water partition coefficient (Wildman–Crippen LogP) is -0.0327. The first kappa shape index (κ1) is 14.1. The van der Waals surface area contributed by atoms with E-state index in [2.05, 4.69) is 5.32 Å². The van der Waals surface area contributed by atoms with Crippen LogP contribution in [0.1, 0.15) is 13.3 Å². The predicted molar refractivity (Wildman–Crippen MR) is 65.1 cm³/mol. The Kier molecular flexibility index (Phi) is 5.07. The molecule has 1 aliphatic rings. The van der Waals surface area contributed by atoms with Crippen LogP contribution in [0.5, 0.6) is 0 Å². The van der Waals surface area contributed by atoms with Gasteiger partial charge < -0.3 is 20.4 Å². The summed E-state index contributed by atoms with van der Waals surface area (Å²) in [5.41, 5.74) is 0. The zero-order valence-electron chi connectivity index (χ0n) is 9.92. The third kappa shape index (κ3) is 3.78. The Balaban J connectivity index is 2.54. The molecule has 1 unspecified atom stereocenters. The molecule has 1 fully saturated rings. The van der Waals surface area contributed by atoms with Crippen molar-refractivity contribution in [3.8, 4) is 0 Å². The number of aliphatic hydroxyl groups excluding tert-OH is 1. The van der Waals surface area contributed by atoms with Crippen molar-refractivity contribution in [2.24, 2.45) is 0 Å². The lowest BCUT2D eigenvalue weighted by Crippen LogP contribution is -2.53. The first-order valence-corrected chi connectivity index (χ1v) is 6.61. The summed E-state index contributed by atoms with van der Waals surface area (Å²) in [6.45, 7) is 1.34. The van der Waals surface area contributed by atoms with Crippen molar-refractivity contribution in [2.75, 3.05) is 18.6 Å². The standard InChI is InChI=1S/C10H18N2O4S/c1-6(13)8(9(14)15)11-10(16)12(2)7-3-4-17-5-7/h6-8,13H,3-5H2,1-2H3,(H,11,16)(H,14,15)/t6-,7?,8+/m1/s1. The smallest absolute Gasteiger partial charge is 0.328 e. The van der Waals surface area contributed by atoms with Crippen molar-refractivity contribution in [3.05, 3.63) is 0 Å². The summed E-state index contributed by atoms with van der Waals surface area (Å²) < 4.78 is 0. The molecule has 0 aromatic rings. The number of rotatable bonds is 4. The van der Waals surface area contributed by atoms with Crippen LogP contribution >= 0.6 is 11.8 Å². The molecule has 3 atom stereocenters. The summed E-state index contributed by atoms with van der Waals surface area (Å²) in [7, 11) is 1.65. The van der Waals surface area contributed by atoms with E-state index in [0.29, 0.717) is 0 Å². The highest BCUT2D eigenvalue weighted by Gasteiger charge is 2.29. The average Bonchev–Trinajstić information content (AvgIpc) is 2.76. The molecule has 6 nitrogen and oxygen atoms in total. The van der Waals surface area contributed by atoms with Crippen LogP contribution in [0.15, 0.2) is 0 Å². The topological polar surface area (TPSA) is 89.9 Å². The molecule has 1 heterocycles. The molecule has 2 amide bonds. The number of urea groups is 1. The van der Waals surface area contributed by atoms with Crippen molar-refractivity contribution in [1.29, 1.82) is 0 Å². The number of carbonyl (C=O) groups excluding carboxylic acids is 1. The average molecular weight is 262 g/mol. The fourth-order valence-electron chi connectivity index (χ4n) is 1.62. The lowest BCUT2D eigenvalue weighted by Gasteiger charge is -2.26. The van der Waals surface area contributed by atoms with Crippen molar-refractivity contribution < 1.29 is 19.8 Å². The summed E-state index contributed by atoms with van der Waals surface area (Å²) in [5.74, 6) is 0.653. The molecule has 1 saturated heterocycles. The largest absolute Gasteiger partial charge is 0.480 e. The summed E-state index contributed by atoms with van der Waals surface area (Å²) >= 11 is 1.77. The highest BCUT2D eigenvalue weighted by atomic mass is 32.2. The van der Waals surface area contributed by atoms with E-state index in [9.17, 15) is 14.7 Å². The van der Waals surface area contributed by atoms with Gasteiger partial charge in [0.15, 0.2) is 6.04 Å². The van der Waals surface area contributed by atoms with Crippen LogP contribution < -0.4 is 5.32 Å². The third-order valence-corrected chi connectivity index (χ3v) is 3.95. The van der Waals surface area contributed by atoms with E-state index >= 15 is 0 Å². The quantitative estimate of drug-likeness (QED) is 0.662. The lowest BCUT2D eigenvalue weighted by molar-refractivity contribution is -0.141. The molecule has 98 valence electrons. The van der Waals surface area contributed by atoms with E-state index in [-0.39, 0.29) is 6.04 Å². The van der Waals surface area contributed by atoms with Gasteiger partial charge in [-0.2, -0.15) is 11.8 Å². The van der Waals surface area contributed by atoms with Gasteiger partial charge in [-0.3, -0.25) is 0 Å². The third-order valence-electron chi connectivity index (χ3n) is 2.80. The van der Waals surface area contributed by atoms with Gasteiger partial charge in [-0.05, 0) is 19.1 Å². The van der Waals surface area contributed by atoms with E-state index < -0.39 is 24.1 Å². The maximum absolute atomic E-state index is 11.8. The molecule has 1 aliphatic heterocycles. The molecule has 17 heavy (non-hydrogen) atoms. The number of hydrogen-bond donors (Lipinski definition) is 3. The Labute approximate surface area is 104 Å². The number of carboxylic acid groups (broad SMARTS) is 1. The molecule has 0 radical (unpaired) electrons. The Morgan fingerprint density at radius 3 is 2.59 bits per heavy atom. The summed E-state index contributed by atoms with van der Waals surface area (Å²) in [4.78, 5) is 24.1. The van der Waals surface area contributed by atoms with Gasteiger partial charge in [0.05, 0.1) is 6.10 Å². The lowest BCUT2D eigenvalue weighted by atomic mass is 10.2. The molecule has 0 aromatic heterocycles. The van der Waals surface area contributed by atoms with Gasteiger partial charge in [0, 0.05) is 18.8 Å². The molecule has 0 bridgehead atoms.